The molecule has 17 heavy (non-hydrogen) atoms. The monoisotopic (exact) mass is 312 g/mol. The molecule has 1 aliphatic rings. The van der Waals surface area contributed by atoms with E-state index in [9.17, 15) is 0 Å². The molecule has 0 aliphatic carbocycles. The van der Waals surface area contributed by atoms with Gasteiger partial charge in [-0.25, -0.2) is 4.99 Å². The summed E-state index contributed by atoms with van der Waals surface area (Å²) in [5, 5.41) is 0.641. The van der Waals surface area contributed by atoms with Crippen molar-refractivity contribution >= 4 is 32.9 Å². The van der Waals surface area contributed by atoms with Gasteiger partial charge in [0.2, 0.25) is 0 Å². The van der Waals surface area contributed by atoms with Crippen molar-refractivity contribution in [3.8, 4) is 5.75 Å². The number of thioether (sulfide) groups is 1. The van der Waals surface area contributed by atoms with Crippen molar-refractivity contribution in [1.29, 1.82) is 0 Å². The summed E-state index contributed by atoms with van der Waals surface area (Å²) < 4.78 is 6.70. The predicted molar refractivity (Wildman–Crippen MR) is 76.4 cm³/mol. The first-order chi connectivity index (χ1) is 8.24. The molecule has 0 saturated carbocycles. The number of rotatable bonds is 4. The maximum Gasteiger partial charge on any atom is 0.158 e. The molecular formula is C12H13BrN2OS. The maximum atomic E-state index is 5.64. The number of halogens is 1. The largest absolute Gasteiger partial charge is 0.493 e. The summed E-state index contributed by atoms with van der Waals surface area (Å²) in [6.45, 7) is 0.670. The van der Waals surface area contributed by atoms with Gasteiger partial charge < -0.3 is 10.5 Å². The molecule has 1 heterocycles. The zero-order valence-corrected chi connectivity index (χ0v) is 11.6. The SMILES string of the molecule is NC1=NC=C(CCOc2ccc(Br)cc2)CS1. The molecule has 2 N–H and O–H groups in total. The van der Waals surface area contributed by atoms with Gasteiger partial charge in [-0.05, 0) is 29.8 Å². The summed E-state index contributed by atoms with van der Waals surface area (Å²) in [5.74, 6) is 1.80. The average Bonchev–Trinajstić information content (AvgIpc) is 2.34. The molecule has 90 valence electrons. The minimum atomic E-state index is 0.641. The molecule has 0 atom stereocenters. The molecule has 0 saturated heterocycles. The van der Waals surface area contributed by atoms with Crippen molar-refractivity contribution in [3.63, 3.8) is 0 Å². The molecule has 0 spiro atoms. The van der Waals surface area contributed by atoms with Crippen molar-refractivity contribution < 1.29 is 4.74 Å². The molecule has 1 aromatic carbocycles. The highest BCUT2D eigenvalue weighted by molar-refractivity contribution is 9.10. The molecular weight excluding hydrogens is 300 g/mol. The molecule has 0 fully saturated rings. The van der Waals surface area contributed by atoms with Crippen LogP contribution in [0.4, 0.5) is 0 Å². The van der Waals surface area contributed by atoms with Gasteiger partial charge >= 0.3 is 0 Å². The molecule has 5 heteroatoms. The Kier molecular flexibility index (Phi) is 4.50. The highest BCUT2D eigenvalue weighted by Gasteiger charge is 2.05. The Balaban J connectivity index is 1.78. The van der Waals surface area contributed by atoms with Crippen molar-refractivity contribution in [2.45, 2.75) is 6.42 Å². The Labute approximate surface area is 113 Å². The van der Waals surface area contributed by atoms with Gasteiger partial charge in [0.05, 0.1) is 6.61 Å². The quantitative estimate of drug-likeness (QED) is 0.929. The standard InChI is InChI=1S/C12H13BrN2OS/c13-10-1-3-11(4-2-10)16-6-5-9-7-15-12(14)17-8-9/h1-4,7H,5-6,8H2,(H2,14,15). The van der Waals surface area contributed by atoms with Crippen LogP contribution in [0.5, 0.6) is 5.75 Å². The molecule has 0 aromatic heterocycles. The minimum absolute atomic E-state index is 0.641. The van der Waals surface area contributed by atoms with Crippen molar-refractivity contribution in [2.75, 3.05) is 12.4 Å². The van der Waals surface area contributed by atoms with Crippen LogP contribution in [0, 0.1) is 0 Å². The van der Waals surface area contributed by atoms with Crippen LogP contribution in [0.15, 0.2) is 45.5 Å². The molecule has 2 rings (SSSR count). The van der Waals surface area contributed by atoms with Gasteiger partial charge in [0.1, 0.15) is 5.75 Å². The van der Waals surface area contributed by atoms with Gasteiger partial charge in [0, 0.05) is 22.8 Å². The first-order valence-electron chi connectivity index (χ1n) is 5.26. The summed E-state index contributed by atoms with van der Waals surface area (Å²) in [4.78, 5) is 4.08. The zero-order valence-electron chi connectivity index (χ0n) is 9.23. The maximum absolute atomic E-state index is 5.64. The highest BCUT2D eigenvalue weighted by atomic mass is 79.9. The highest BCUT2D eigenvalue weighted by Crippen LogP contribution is 2.19. The van der Waals surface area contributed by atoms with E-state index in [2.05, 4.69) is 20.9 Å². The van der Waals surface area contributed by atoms with Crippen LogP contribution in [-0.2, 0) is 0 Å². The van der Waals surface area contributed by atoms with E-state index in [0.717, 1.165) is 22.4 Å². The number of benzene rings is 1. The lowest BCUT2D eigenvalue weighted by Gasteiger charge is -2.11. The molecule has 0 bridgehead atoms. The van der Waals surface area contributed by atoms with Crippen LogP contribution < -0.4 is 10.5 Å². The van der Waals surface area contributed by atoms with Gasteiger partial charge in [-0.3, -0.25) is 0 Å². The fourth-order valence-corrected chi connectivity index (χ4v) is 2.31. The van der Waals surface area contributed by atoms with Gasteiger partial charge in [0.15, 0.2) is 5.17 Å². The van der Waals surface area contributed by atoms with Crippen molar-refractivity contribution in [3.05, 3.63) is 40.5 Å². The first-order valence-corrected chi connectivity index (χ1v) is 7.04. The lowest BCUT2D eigenvalue weighted by atomic mass is 10.2. The Bertz CT molecular complexity index is 442. The van der Waals surface area contributed by atoms with Crippen LogP contribution in [0.3, 0.4) is 0 Å². The number of hydrogen-bond acceptors (Lipinski definition) is 4. The normalized spacial score (nSPS) is 15.1. The van der Waals surface area contributed by atoms with E-state index >= 15 is 0 Å². The third kappa shape index (κ3) is 4.09. The van der Waals surface area contributed by atoms with E-state index in [1.165, 1.54) is 5.57 Å². The van der Waals surface area contributed by atoms with E-state index in [0.29, 0.717) is 11.8 Å². The molecule has 0 amide bonds. The van der Waals surface area contributed by atoms with Gasteiger partial charge in [-0.15, -0.1) is 0 Å². The molecule has 3 nitrogen and oxygen atoms in total. The first kappa shape index (κ1) is 12.5. The van der Waals surface area contributed by atoms with E-state index in [1.807, 2.05) is 30.5 Å². The topological polar surface area (TPSA) is 47.6 Å². The number of ether oxygens (including phenoxy) is 1. The summed E-state index contributed by atoms with van der Waals surface area (Å²) >= 11 is 4.96. The average molecular weight is 313 g/mol. The summed E-state index contributed by atoms with van der Waals surface area (Å²) in [7, 11) is 0. The van der Waals surface area contributed by atoms with Crippen molar-refractivity contribution in [1.82, 2.24) is 0 Å². The van der Waals surface area contributed by atoms with E-state index in [4.69, 9.17) is 10.5 Å². The second-order valence-corrected chi connectivity index (χ2v) is 5.51. The number of aliphatic imine (C=N–C) groups is 1. The summed E-state index contributed by atoms with van der Waals surface area (Å²) in [5.41, 5.74) is 6.83. The number of hydrogen-bond donors (Lipinski definition) is 1. The van der Waals surface area contributed by atoms with Crippen LogP contribution in [0.25, 0.3) is 0 Å². The van der Waals surface area contributed by atoms with Gasteiger partial charge in [-0.2, -0.15) is 0 Å². The van der Waals surface area contributed by atoms with Crippen LogP contribution in [0.2, 0.25) is 0 Å². The smallest absolute Gasteiger partial charge is 0.158 e. The molecule has 0 radical (unpaired) electrons. The van der Waals surface area contributed by atoms with Gasteiger partial charge in [0.25, 0.3) is 0 Å². The molecule has 1 aromatic rings. The third-order valence-electron chi connectivity index (χ3n) is 2.29. The molecule has 0 unspecified atom stereocenters. The number of amidine groups is 1. The number of nitrogens with zero attached hydrogens (tertiary/aromatic N) is 1. The summed E-state index contributed by atoms with van der Waals surface area (Å²) in [6.07, 6.45) is 2.73. The fraction of sp³-hybridized carbons (Fsp3) is 0.250. The third-order valence-corrected chi connectivity index (χ3v) is 3.73. The van der Waals surface area contributed by atoms with E-state index < -0.39 is 0 Å². The fourth-order valence-electron chi connectivity index (χ4n) is 1.36. The Morgan fingerprint density at radius 2 is 2.12 bits per heavy atom. The van der Waals surface area contributed by atoms with Crippen LogP contribution >= 0.6 is 27.7 Å². The second kappa shape index (κ2) is 6.12. The minimum Gasteiger partial charge on any atom is -0.493 e. The number of nitrogens with two attached hydrogens (primary N) is 1. The zero-order chi connectivity index (χ0) is 12.1. The predicted octanol–water partition coefficient (Wildman–Crippen LogP) is 3.16. The van der Waals surface area contributed by atoms with E-state index in [-0.39, 0.29) is 0 Å². The lowest BCUT2D eigenvalue weighted by Crippen LogP contribution is -2.11. The van der Waals surface area contributed by atoms with Crippen LogP contribution in [-0.4, -0.2) is 17.5 Å². The Morgan fingerprint density at radius 3 is 2.76 bits per heavy atom. The Hall–Kier alpha value is -0.940. The Morgan fingerprint density at radius 1 is 1.35 bits per heavy atom. The summed E-state index contributed by atoms with van der Waals surface area (Å²) in [6, 6.07) is 7.83. The lowest BCUT2D eigenvalue weighted by molar-refractivity contribution is 0.321. The van der Waals surface area contributed by atoms with E-state index in [1.54, 1.807) is 11.8 Å². The van der Waals surface area contributed by atoms with Crippen LogP contribution in [0.1, 0.15) is 6.42 Å². The van der Waals surface area contributed by atoms with Crippen molar-refractivity contribution in [2.24, 2.45) is 10.7 Å². The molecule has 1 aliphatic heterocycles. The second-order valence-electron chi connectivity index (χ2n) is 3.60. The van der Waals surface area contributed by atoms with Gasteiger partial charge in [-0.1, -0.05) is 27.7 Å².